The largest absolute Gasteiger partial charge is 0.461 e. The van der Waals surface area contributed by atoms with Crippen molar-refractivity contribution in [3.8, 4) is 0 Å². The number of hydrogen-bond donors (Lipinski definition) is 0. The minimum Gasteiger partial charge on any atom is -0.461 e. The van der Waals surface area contributed by atoms with E-state index < -0.39 is 0 Å². The third kappa shape index (κ3) is 1.74. The summed E-state index contributed by atoms with van der Waals surface area (Å²) in [6.45, 7) is 4.03. The molecule has 2 aromatic rings. The summed E-state index contributed by atoms with van der Waals surface area (Å²) in [6, 6.07) is 5.61. The van der Waals surface area contributed by atoms with Gasteiger partial charge in [-0.25, -0.2) is 0 Å². The van der Waals surface area contributed by atoms with Crippen LogP contribution in [0.1, 0.15) is 16.9 Å². The van der Waals surface area contributed by atoms with E-state index in [1.54, 1.807) is 14.0 Å². The number of hydrogen-bond acceptors (Lipinski definition) is 3. The lowest BCUT2D eigenvalue weighted by molar-refractivity contribution is 0.181. The van der Waals surface area contributed by atoms with Crippen LogP contribution in [0.3, 0.4) is 0 Å². The molecule has 0 N–H and O–H groups in total. The highest BCUT2D eigenvalue weighted by molar-refractivity contribution is 5.78. The summed E-state index contributed by atoms with van der Waals surface area (Å²) in [5.41, 5.74) is 2.28. The fourth-order valence-corrected chi connectivity index (χ4v) is 1.77. The van der Waals surface area contributed by atoms with Gasteiger partial charge in [-0.1, -0.05) is 11.6 Å². The minimum atomic E-state index is 0.00398. The highest BCUT2D eigenvalue weighted by atomic mass is 16.5. The molecule has 0 atom stereocenters. The van der Waals surface area contributed by atoms with Gasteiger partial charge in [-0.3, -0.25) is 4.79 Å². The predicted octanol–water partition coefficient (Wildman–Crippen LogP) is 2.56. The van der Waals surface area contributed by atoms with E-state index in [1.165, 1.54) is 0 Å². The molecule has 0 bridgehead atoms. The number of methoxy groups -OCH3 is 1. The van der Waals surface area contributed by atoms with E-state index in [9.17, 15) is 4.79 Å². The Balaban J connectivity index is 2.80. The highest BCUT2D eigenvalue weighted by Gasteiger charge is 2.10. The average molecular weight is 218 g/mol. The molecule has 0 unspecified atom stereocenters. The van der Waals surface area contributed by atoms with E-state index in [1.807, 2.05) is 25.1 Å². The van der Waals surface area contributed by atoms with Gasteiger partial charge in [-0.15, -0.1) is 0 Å². The fraction of sp³-hybridized carbons (Fsp3) is 0.308. The third-order valence-corrected chi connectivity index (χ3v) is 2.63. The Morgan fingerprint density at radius 3 is 2.75 bits per heavy atom. The first-order chi connectivity index (χ1) is 7.63. The molecule has 84 valence electrons. The van der Waals surface area contributed by atoms with Gasteiger partial charge in [-0.2, -0.15) is 0 Å². The molecule has 1 heterocycles. The van der Waals surface area contributed by atoms with E-state index in [-0.39, 0.29) is 12.0 Å². The highest BCUT2D eigenvalue weighted by Crippen LogP contribution is 2.16. The molecule has 0 saturated heterocycles. The number of benzene rings is 1. The van der Waals surface area contributed by atoms with Crippen LogP contribution in [-0.4, -0.2) is 7.11 Å². The van der Waals surface area contributed by atoms with Crippen molar-refractivity contribution in [2.75, 3.05) is 7.11 Å². The normalized spacial score (nSPS) is 10.9. The lowest BCUT2D eigenvalue weighted by Crippen LogP contribution is -2.12. The van der Waals surface area contributed by atoms with Gasteiger partial charge in [0.25, 0.3) is 0 Å². The van der Waals surface area contributed by atoms with Crippen LogP contribution in [0.4, 0.5) is 0 Å². The van der Waals surface area contributed by atoms with Gasteiger partial charge in [0.1, 0.15) is 11.3 Å². The maximum absolute atomic E-state index is 12.2. The molecule has 16 heavy (non-hydrogen) atoms. The Bertz CT molecular complexity index is 581. The quantitative estimate of drug-likeness (QED) is 0.777. The predicted molar refractivity (Wildman–Crippen MR) is 62.7 cm³/mol. The van der Waals surface area contributed by atoms with Crippen LogP contribution in [0.15, 0.2) is 27.4 Å². The summed E-state index contributed by atoms with van der Waals surface area (Å²) in [6.07, 6.45) is 0. The molecule has 0 aliphatic rings. The van der Waals surface area contributed by atoms with Crippen LogP contribution in [0.5, 0.6) is 0 Å². The zero-order valence-electron chi connectivity index (χ0n) is 9.66. The van der Waals surface area contributed by atoms with Crippen LogP contribution in [0.25, 0.3) is 11.0 Å². The lowest BCUT2D eigenvalue weighted by Gasteiger charge is -2.06. The Hall–Kier alpha value is -1.61. The van der Waals surface area contributed by atoms with Crippen LogP contribution in [0, 0.1) is 13.8 Å². The van der Waals surface area contributed by atoms with E-state index in [2.05, 4.69) is 0 Å². The van der Waals surface area contributed by atoms with E-state index in [4.69, 9.17) is 9.15 Å². The molecule has 0 spiro atoms. The zero-order chi connectivity index (χ0) is 11.7. The van der Waals surface area contributed by atoms with Crippen LogP contribution in [-0.2, 0) is 11.3 Å². The number of ether oxygens (including phenoxy) is 1. The molecule has 0 radical (unpaired) electrons. The molecule has 0 aliphatic carbocycles. The summed E-state index contributed by atoms with van der Waals surface area (Å²) >= 11 is 0. The second-order valence-electron chi connectivity index (χ2n) is 3.90. The Kier molecular flexibility index (Phi) is 2.79. The smallest absolute Gasteiger partial charge is 0.198 e. The van der Waals surface area contributed by atoms with Gasteiger partial charge in [0.2, 0.25) is 0 Å². The maximum Gasteiger partial charge on any atom is 0.198 e. The second-order valence-corrected chi connectivity index (χ2v) is 3.90. The molecule has 0 fully saturated rings. The molecule has 1 aromatic heterocycles. The van der Waals surface area contributed by atoms with Crippen molar-refractivity contribution in [3.63, 3.8) is 0 Å². The van der Waals surface area contributed by atoms with Crippen LogP contribution < -0.4 is 5.43 Å². The summed E-state index contributed by atoms with van der Waals surface area (Å²) in [4.78, 5) is 12.2. The van der Waals surface area contributed by atoms with Crippen molar-refractivity contribution >= 4 is 11.0 Å². The Labute approximate surface area is 93.7 Å². The third-order valence-electron chi connectivity index (χ3n) is 2.63. The van der Waals surface area contributed by atoms with Crippen molar-refractivity contribution < 1.29 is 9.15 Å². The number of rotatable bonds is 2. The SMILES string of the molecule is COCc1c(C)oc2ccc(C)cc2c1=O. The first kappa shape index (κ1) is 10.9. The van der Waals surface area contributed by atoms with Crippen molar-refractivity contribution in [3.05, 3.63) is 45.3 Å². The molecule has 0 saturated carbocycles. The summed E-state index contributed by atoms with van der Waals surface area (Å²) < 4.78 is 10.6. The topological polar surface area (TPSA) is 39.4 Å². The van der Waals surface area contributed by atoms with Gasteiger partial charge in [0.15, 0.2) is 5.43 Å². The molecule has 0 amide bonds. The average Bonchev–Trinajstić information content (AvgIpc) is 2.26. The van der Waals surface area contributed by atoms with E-state index in [0.717, 1.165) is 5.56 Å². The van der Waals surface area contributed by atoms with Crippen molar-refractivity contribution in [1.82, 2.24) is 0 Å². The standard InChI is InChI=1S/C13H14O3/c1-8-4-5-12-10(6-8)13(14)11(7-15-3)9(2)16-12/h4-6H,7H2,1-3H3. The van der Waals surface area contributed by atoms with Gasteiger partial charge < -0.3 is 9.15 Å². The molecular formula is C13H14O3. The van der Waals surface area contributed by atoms with Crippen molar-refractivity contribution in [2.45, 2.75) is 20.5 Å². The second kappa shape index (κ2) is 4.10. The minimum absolute atomic E-state index is 0.00398. The first-order valence-electron chi connectivity index (χ1n) is 5.15. The van der Waals surface area contributed by atoms with Crippen molar-refractivity contribution in [1.29, 1.82) is 0 Å². The van der Waals surface area contributed by atoms with Gasteiger partial charge in [0, 0.05) is 7.11 Å². The summed E-state index contributed by atoms with van der Waals surface area (Å²) in [7, 11) is 1.57. The molecular weight excluding hydrogens is 204 g/mol. The van der Waals surface area contributed by atoms with Crippen LogP contribution >= 0.6 is 0 Å². The Morgan fingerprint density at radius 2 is 2.06 bits per heavy atom. The zero-order valence-corrected chi connectivity index (χ0v) is 9.66. The molecule has 0 aliphatic heterocycles. The molecule has 3 nitrogen and oxygen atoms in total. The number of aryl methyl sites for hydroxylation is 2. The summed E-state index contributed by atoms with van der Waals surface area (Å²) in [5, 5.41) is 0.623. The fourth-order valence-electron chi connectivity index (χ4n) is 1.77. The van der Waals surface area contributed by atoms with Gasteiger partial charge >= 0.3 is 0 Å². The van der Waals surface area contributed by atoms with Crippen molar-refractivity contribution in [2.24, 2.45) is 0 Å². The molecule has 1 aromatic carbocycles. The first-order valence-corrected chi connectivity index (χ1v) is 5.15. The van der Waals surface area contributed by atoms with Crippen LogP contribution in [0.2, 0.25) is 0 Å². The molecule has 2 rings (SSSR count). The number of fused-ring (bicyclic) bond motifs is 1. The lowest BCUT2D eigenvalue weighted by atomic mass is 10.1. The monoisotopic (exact) mass is 218 g/mol. The molecule has 3 heteroatoms. The van der Waals surface area contributed by atoms with Gasteiger partial charge in [0.05, 0.1) is 17.6 Å². The van der Waals surface area contributed by atoms with Gasteiger partial charge in [-0.05, 0) is 26.0 Å². The maximum atomic E-state index is 12.2. The Morgan fingerprint density at radius 1 is 1.31 bits per heavy atom. The summed E-state index contributed by atoms with van der Waals surface area (Å²) in [5.74, 6) is 0.628. The van der Waals surface area contributed by atoms with E-state index in [0.29, 0.717) is 22.3 Å². The van der Waals surface area contributed by atoms with E-state index >= 15 is 0 Å².